The van der Waals surface area contributed by atoms with Crippen molar-refractivity contribution in [3.8, 4) is 0 Å². The second-order valence-corrected chi connectivity index (χ2v) is 8.04. The number of hydrogen-bond acceptors (Lipinski definition) is 4. The Bertz CT molecular complexity index is 588. The van der Waals surface area contributed by atoms with Crippen molar-refractivity contribution in [2.45, 2.75) is 64.3 Å². The highest BCUT2D eigenvalue weighted by Gasteiger charge is 2.28. The van der Waals surface area contributed by atoms with Crippen LogP contribution in [0.4, 0.5) is 9.93 Å². The molecule has 1 aromatic rings. The summed E-state index contributed by atoms with van der Waals surface area (Å²) >= 11 is 1.45. The van der Waals surface area contributed by atoms with Crippen molar-refractivity contribution in [1.29, 1.82) is 0 Å². The maximum absolute atomic E-state index is 12.5. The highest BCUT2D eigenvalue weighted by molar-refractivity contribution is 7.13. The van der Waals surface area contributed by atoms with Crippen molar-refractivity contribution in [2.24, 2.45) is 5.92 Å². The molecule has 1 aromatic heterocycles. The van der Waals surface area contributed by atoms with Crippen LogP contribution in [0.25, 0.3) is 0 Å². The van der Waals surface area contributed by atoms with Crippen molar-refractivity contribution in [2.75, 3.05) is 18.4 Å². The Hall–Kier alpha value is -1.63. The Kier molecular flexibility index (Phi) is 6.29. The lowest BCUT2D eigenvalue weighted by Crippen LogP contribution is -2.48. The summed E-state index contributed by atoms with van der Waals surface area (Å²) in [6.07, 6.45) is 8.61. The molecule has 3 rings (SSSR count). The minimum absolute atomic E-state index is 0.0261. The van der Waals surface area contributed by atoms with Gasteiger partial charge in [0.2, 0.25) is 5.91 Å². The second kappa shape index (κ2) is 8.65. The Morgan fingerprint density at radius 3 is 2.40 bits per heavy atom. The van der Waals surface area contributed by atoms with Crippen LogP contribution in [-0.4, -0.2) is 41.0 Å². The van der Waals surface area contributed by atoms with Crippen LogP contribution in [0.1, 0.15) is 57.1 Å². The average Bonchev–Trinajstić information content (AvgIpc) is 2.85. The summed E-state index contributed by atoms with van der Waals surface area (Å²) in [4.78, 5) is 30.9. The molecule has 0 spiro atoms. The number of thiazole rings is 1. The van der Waals surface area contributed by atoms with Gasteiger partial charge in [-0.05, 0) is 32.6 Å². The lowest BCUT2D eigenvalue weighted by atomic mass is 9.96. The van der Waals surface area contributed by atoms with Gasteiger partial charge in [0.1, 0.15) is 0 Å². The predicted molar refractivity (Wildman–Crippen MR) is 99.8 cm³/mol. The number of aromatic nitrogens is 1. The Morgan fingerprint density at radius 1 is 1.12 bits per heavy atom. The topological polar surface area (TPSA) is 74.3 Å². The first-order valence-electron chi connectivity index (χ1n) is 9.40. The molecule has 1 saturated heterocycles. The lowest BCUT2D eigenvalue weighted by molar-refractivity contribution is -0.121. The molecule has 2 aliphatic rings. The zero-order valence-electron chi connectivity index (χ0n) is 14.9. The molecule has 1 saturated carbocycles. The molecule has 1 aliphatic heterocycles. The van der Waals surface area contributed by atoms with Crippen LogP contribution in [0.3, 0.4) is 0 Å². The van der Waals surface area contributed by atoms with E-state index in [-0.39, 0.29) is 17.9 Å². The molecular weight excluding hydrogens is 336 g/mol. The number of amides is 3. The van der Waals surface area contributed by atoms with Crippen LogP contribution in [0, 0.1) is 12.8 Å². The zero-order chi connectivity index (χ0) is 17.6. The van der Waals surface area contributed by atoms with Gasteiger partial charge in [-0.1, -0.05) is 25.7 Å². The molecule has 2 N–H and O–H groups in total. The highest BCUT2D eigenvalue weighted by atomic mass is 32.1. The van der Waals surface area contributed by atoms with Gasteiger partial charge in [0.25, 0.3) is 0 Å². The van der Waals surface area contributed by atoms with Gasteiger partial charge in [0.05, 0.1) is 5.69 Å². The van der Waals surface area contributed by atoms with Gasteiger partial charge in [-0.15, -0.1) is 11.3 Å². The number of nitrogens with one attached hydrogen (secondary N) is 2. The normalized spacial score (nSPS) is 20.1. The Balaban J connectivity index is 1.42. The summed E-state index contributed by atoms with van der Waals surface area (Å²) in [5, 5.41) is 8.68. The number of carbonyl (C=O) groups is 2. The number of carbonyl (C=O) groups excluding carboxylic acids is 2. The molecule has 0 atom stereocenters. The first-order valence-corrected chi connectivity index (χ1v) is 10.3. The maximum Gasteiger partial charge on any atom is 0.317 e. The van der Waals surface area contributed by atoms with E-state index in [1.165, 1.54) is 37.0 Å². The lowest BCUT2D eigenvalue weighted by Gasteiger charge is -2.32. The summed E-state index contributed by atoms with van der Waals surface area (Å²) in [6.45, 7) is 3.21. The quantitative estimate of drug-likeness (QED) is 0.806. The molecule has 2 fully saturated rings. The van der Waals surface area contributed by atoms with Crippen LogP contribution in [0.15, 0.2) is 5.38 Å². The molecule has 138 valence electrons. The second-order valence-electron chi connectivity index (χ2n) is 7.18. The SMILES string of the molecule is Cc1csc(NC(=O)C2CCN(C(=O)NC3CCCCCC3)CC2)n1. The molecule has 7 heteroatoms. The zero-order valence-corrected chi connectivity index (χ0v) is 15.7. The minimum Gasteiger partial charge on any atom is -0.335 e. The molecular formula is C18H28N4O2S. The number of urea groups is 1. The van der Waals surface area contributed by atoms with Crippen LogP contribution in [0.5, 0.6) is 0 Å². The number of nitrogens with zero attached hydrogens (tertiary/aromatic N) is 2. The van der Waals surface area contributed by atoms with Crippen molar-refractivity contribution in [1.82, 2.24) is 15.2 Å². The van der Waals surface area contributed by atoms with Gasteiger partial charge in [-0.3, -0.25) is 4.79 Å². The van der Waals surface area contributed by atoms with E-state index in [1.807, 2.05) is 17.2 Å². The van der Waals surface area contributed by atoms with E-state index >= 15 is 0 Å². The van der Waals surface area contributed by atoms with E-state index in [4.69, 9.17) is 0 Å². The van der Waals surface area contributed by atoms with E-state index in [0.717, 1.165) is 18.5 Å². The standard InChI is InChI=1S/C18H28N4O2S/c1-13-12-25-17(19-13)21-16(23)14-8-10-22(11-9-14)18(24)20-15-6-4-2-3-5-7-15/h12,14-15H,2-11H2,1H3,(H,20,24)(H,19,21,23). The van der Waals surface area contributed by atoms with Crippen LogP contribution >= 0.6 is 11.3 Å². The van der Waals surface area contributed by atoms with Crippen molar-refractivity contribution < 1.29 is 9.59 Å². The molecule has 0 bridgehead atoms. The third-order valence-electron chi connectivity index (χ3n) is 5.18. The van der Waals surface area contributed by atoms with Gasteiger partial charge in [0, 0.05) is 30.4 Å². The number of likely N-dealkylation sites (tertiary alicyclic amines) is 1. The van der Waals surface area contributed by atoms with Crippen molar-refractivity contribution in [3.63, 3.8) is 0 Å². The molecule has 25 heavy (non-hydrogen) atoms. The number of anilines is 1. The maximum atomic E-state index is 12.5. The fraction of sp³-hybridized carbons (Fsp3) is 0.722. The summed E-state index contributed by atoms with van der Waals surface area (Å²) < 4.78 is 0. The summed E-state index contributed by atoms with van der Waals surface area (Å²) in [5.41, 5.74) is 0.922. The van der Waals surface area contributed by atoms with Gasteiger partial charge in [0.15, 0.2) is 5.13 Å². The van der Waals surface area contributed by atoms with Crippen molar-refractivity contribution in [3.05, 3.63) is 11.1 Å². The fourth-order valence-corrected chi connectivity index (χ4v) is 4.34. The fourth-order valence-electron chi connectivity index (χ4n) is 3.65. The van der Waals surface area contributed by atoms with E-state index in [9.17, 15) is 9.59 Å². The number of aryl methyl sites for hydroxylation is 1. The molecule has 0 radical (unpaired) electrons. The summed E-state index contributed by atoms with van der Waals surface area (Å²) in [6, 6.07) is 0.366. The minimum atomic E-state index is -0.0360. The first-order chi connectivity index (χ1) is 12.1. The molecule has 3 amide bonds. The predicted octanol–water partition coefficient (Wildman–Crippen LogP) is 3.53. The number of hydrogen-bond donors (Lipinski definition) is 2. The summed E-state index contributed by atoms with van der Waals surface area (Å²) in [7, 11) is 0. The molecule has 0 unspecified atom stereocenters. The number of piperidine rings is 1. The van der Waals surface area contributed by atoms with Gasteiger partial charge in [-0.2, -0.15) is 0 Å². The smallest absolute Gasteiger partial charge is 0.317 e. The van der Waals surface area contributed by atoms with Gasteiger partial charge in [-0.25, -0.2) is 9.78 Å². The van der Waals surface area contributed by atoms with E-state index in [2.05, 4.69) is 15.6 Å². The van der Waals surface area contributed by atoms with E-state index in [1.54, 1.807) is 0 Å². The van der Waals surface area contributed by atoms with Crippen LogP contribution in [0.2, 0.25) is 0 Å². The molecule has 2 heterocycles. The monoisotopic (exact) mass is 364 g/mol. The van der Waals surface area contributed by atoms with E-state index in [0.29, 0.717) is 37.1 Å². The van der Waals surface area contributed by atoms with Crippen molar-refractivity contribution >= 4 is 28.4 Å². The van der Waals surface area contributed by atoms with E-state index < -0.39 is 0 Å². The average molecular weight is 365 g/mol. The highest BCUT2D eigenvalue weighted by Crippen LogP contribution is 2.22. The Labute approximate surface area is 153 Å². The third-order valence-corrected chi connectivity index (χ3v) is 6.06. The third kappa shape index (κ3) is 5.17. The first kappa shape index (κ1) is 18.2. The largest absolute Gasteiger partial charge is 0.335 e. The molecule has 1 aliphatic carbocycles. The number of rotatable bonds is 3. The van der Waals surface area contributed by atoms with Crippen LogP contribution in [-0.2, 0) is 4.79 Å². The van der Waals surface area contributed by atoms with Gasteiger partial charge < -0.3 is 15.5 Å². The van der Waals surface area contributed by atoms with Gasteiger partial charge >= 0.3 is 6.03 Å². The molecule has 0 aromatic carbocycles. The summed E-state index contributed by atoms with van der Waals surface area (Å²) in [5.74, 6) is -0.00990. The van der Waals surface area contributed by atoms with Crippen LogP contribution < -0.4 is 10.6 Å². The molecule has 6 nitrogen and oxygen atoms in total. The Morgan fingerprint density at radius 2 is 1.80 bits per heavy atom.